The Balaban J connectivity index is 2.15. The molecule has 7 nitrogen and oxygen atoms in total. The molecule has 1 saturated carbocycles. The first-order valence-corrected chi connectivity index (χ1v) is 5.53. The van der Waals surface area contributed by atoms with Crippen molar-refractivity contribution in [2.75, 3.05) is 10.7 Å². The molecule has 0 aliphatic heterocycles. The van der Waals surface area contributed by atoms with Crippen molar-refractivity contribution in [2.45, 2.75) is 25.8 Å². The van der Waals surface area contributed by atoms with Gasteiger partial charge in [0.1, 0.15) is 11.6 Å². The maximum absolute atomic E-state index is 10.7. The molecule has 0 amide bonds. The van der Waals surface area contributed by atoms with Crippen LogP contribution in [0.4, 0.5) is 17.3 Å². The third-order valence-corrected chi connectivity index (χ3v) is 2.95. The van der Waals surface area contributed by atoms with E-state index in [-0.39, 0.29) is 11.5 Å². The maximum atomic E-state index is 10.7. The fourth-order valence-electron chi connectivity index (χ4n) is 1.83. The van der Waals surface area contributed by atoms with Crippen molar-refractivity contribution in [1.82, 2.24) is 4.98 Å². The van der Waals surface area contributed by atoms with Crippen molar-refractivity contribution >= 4 is 17.3 Å². The highest BCUT2D eigenvalue weighted by Gasteiger charge is 2.35. The first kappa shape index (κ1) is 11.6. The first-order valence-electron chi connectivity index (χ1n) is 5.53. The van der Waals surface area contributed by atoms with E-state index in [0.29, 0.717) is 17.8 Å². The van der Waals surface area contributed by atoms with E-state index in [1.807, 2.05) is 0 Å². The van der Waals surface area contributed by atoms with Crippen LogP contribution in [-0.2, 0) is 0 Å². The van der Waals surface area contributed by atoms with E-state index in [1.165, 1.54) is 12.1 Å². The Morgan fingerprint density at radius 3 is 2.82 bits per heavy atom. The van der Waals surface area contributed by atoms with Crippen LogP contribution in [0.5, 0.6) is 0 Å². The van der Waals surface area contributed by atoms with Crippen LogP contribution in [0.2, 0.25) is 0 Å². The van der Waals surface area contributed by atoms with Crippen molar-refractivity contribution < 1.29 is 4.92 Å². The fourth-order valence-corrected chi connectivity index (χ4v) is 1.83. The van der Waals surface area contributed by atoms with E-state index in [0.717, 1.165) is 12.8 Å². The van der Waals surface area contributed by atoms with Crippen LogP contribution in [0.15, 0.2) is 12.1 Å². The van der Waals surface area contributed by atoms with Gasteiger partial charge in [0.05, 0.1) is 17.1 Å². The van der Waals surface area contributed by atoms with Gasteiger partial charge >= 0.3 is 0 Å². The Bertz CT molecular complexity index is 437. The second kappa shape index (κ2) is 4.54. The molecule has 1 aliphatic carbocycles. The number of hydrazine groups is 1. The van der Waals surface area contributed by atoms with Crippen molar-refractivity contribution in [3.8, 4) is 0 Å². The van der Waals surface area contributed by atoms with Crippen LogP contribution in [0.25, 0.3) is 0 Å². The minimum atomic E-state index is -0.460. The van der Waals surface area contributed by atoms with E-state index >= 15 is 0 Å². The van der Waals surface area contributed by atoms with Gasteiger partial charge in [-0.1, -0.05) is 13.3 Å². The maximum Gasteiger partial charge on any atom is 0.276 e. The van der Waals surface area contributed by atoms with E-state index in [4.69, 9.17) is 5.84 Å². The molecule has 2 unspecified atom stereocenters. The average Bonchev–Trinajstić information content (AvgIpc) is 3.06. The van der Waals surface area contributed by atoms with E-state index in [1.54, 1.807) is 0 Å². The summed E-state index contributed by atoms with van der Waals surface area (Å²) in [6, 6.07) is 3.10. The Morgan fingerprint density at radius 1 is 1.59 bits per heavy atom. The third kappa shape index (κ3) is 2.62. The number of hydrogen-bond donors (Lipinski definition) is 3. The standard InChI is InChI=1S/C10H15N5O2/c1-2-6-3-8(6)12-9-4-7(15(16)17)5-10(13-9)14-11/h4-6,8H,2-3,11H2,1H3,(H2,12,13,14). The van der Waals surface area contributed by atoms with Gasteiger partial charge < -0.3 is 10.7 Å². The zero-order chi connectivity index (χ0) is 12.4. The van der Waals surface area contributed by atoms with Crippen molar-refractivity contribution in [2.24, 2.45) is 11.8 Å². The highest BCUT2D eigenvalue weighted by atomic mass is 16.6. The third-order valence-electron chi connectivity index (χ3n) is 2.95. The van der Waals surface area contributed by atoms with Crippen LogP contribution in [-0.4, -0.2) is 15.9 Å². The van der Waals surface area contributed by atoms with Crippen LogP contribution < -0.4 is 16.6 Å². The summed E-state index contributed by atoms with van der Waals surface area (Å²) in [7, 11) is 0. The molecular weight excluding hydrogens is 222 g/mol. The average molecular weight is 237 g/mol. The summed E-state index contributed by atoms with van der Waals surface area (Å²) in [6.45, 7) is 2.13. The largest absolute Gasteiger partial charge is 0.367 e. The number of nitrogens with two attached hydrogens (primary N) is 1. The molecule has 1 heterocycles. The molecule has 0 aromatic carbocycles. The van der Waals surface area contributed by atoms with Crippen molar-refractivity contribution in [3.05, 3.63) is 22.2 Å². The van der Waals surface area contributed by atoms with Gasteiger partial charge in [0.2, 0.25) is 0 Å². The zero-order valence-corrected chi connectivity index (χ0v) is 9.51. The molecule has 17 heavy (non-hydrogen) atoms. The molecule has 0 bridgehead atoms. The number of rotatable bonds is 5. The fraction of sp³-hybridized carbons (Fsp3) is 0.500. The van der Waals surface area contributed by atoms with Crippen LogP contribution in [0, 0.1) is 16.0 Å². The number of aromatic nitrogens is 1. The number of nitrogen functional groups attached to an aromatic ring is 1. The van der Waals surface area contributed by atoms with E-state index in [2.05, 4.69) is 22.7 Å². The lowest BCUT2D eigenvalue weighted by Gasteiger charge is -2.06. The lowest BCUT2D eigenvalue weighted by molar-refractivity contribution is -0.384. The summed E-state index contributed by atoms with van der Waals surface area (Å²) < 4.78 is 0. The molecule has 2 atom stereocenters. The number of nitro groups is 1. The molecule has 1 aromatic rings. The molecule has 0 radical (unpaired) electrons. The van der Waals surface area contributed by atoms with Crippen LogP contribution in [0.3, 0.4) is 0 Å². The second-order valence-electron chi connectivity index (χ2n) is 4.15. The van der Waals surface area contributed by atoms with Crippen molar-refractivity contribution in [3.63, 3.8) is 0 Å². The molecular formula is C10H15N5O2. The predicted octanol–water partition coefficient (Wildman–Crippen LogP) is 1.49. The number of hydrogen-bond acceptors (Lipinski definition) is 6. The monoisotopic (exact) mass is 237 g/mol. The molecule has 0 saturated heterocycles. The molecule has 92 valence electrons. The highest BCUT2D eigenvalue weighted by molar-refractivity contribution is 5.55. The summed E-state index contributed by atoms with van der Waals surface area (Å²) in [4.78, 5) is 14.4. The van der Waals surface area contributed by atoms with Crippen LogP contribution in [0.1, 0.15) is 19.8 Å². The normalized spacial score (nSPS) is 22.0. The number of anilines is 2. The van der Waals surface area contributed by atoms with Gasteiger partial charge in [-0.05, 0) is 12.3 Å². The van der Waals surface area contributed by atoms with Gasteiger partial charge in [0.15, 0.2) is 0 Å². The summed E-state index contributed by atoms with van der Waals surface area (Å²) in [5.41, 5.74) is 2.30. The lowest BCUT2D eigenvalue weighted by Crippen LogP contribution is -2.12. The smallest absolute Gasteiger partial charge is 0.276 e. The summed E-state index contributed by atoms with van der Waals surface area (Å²) in [5, 5.41) is 13.9. The number of nitrogens with one attached hydrogen (secondary N) is 2. The molecule has 1 aromatic heterocycles. The molecule has 1 fully saturated rings. The molecule has 2 rings (SSSR count). The first-order chi connectivity index (χ1) is 8.13. The van der Waals surface area contributed by atoms with Crippen molar-refractivity contribution in [1.29, 1.82) is 0 Å². The molecule has 0 spiro atoms. The topological polar surface area (TPSA) is 106 Å². The minimum absolute atomic E-state index is 0.0239. The van der Waals surface area contributed by atoms with E-state index in [9.17, 15) is 10.1 Å². The van der Waals surface area contributed by atoms with E-state index < -0.39 is 4.92 Å². The Hall–Kier alpha value is -1.89. The summed E-state index contributed by atoms with van der Waals surface area (Å²) in [6.07, 6.45) is 2.20. The predicted molar refractivity (Wildman–Crippen MR) is 64.5 cm³/mol. The van der Waals surface area contributed by atoms with Crippen LogP contribution >= 0.6 is 0 Å². The Morgan fingerprint density at radius 2 is 2.29 bits per heavy atom. The number of pyridine rings is 1. The Labute approximate surface area is 98.5 Å². The quantitative estimate of drug-likeness (QED) is 0.407. The van der Waals surface area contributed by atoms with Gasteiger partial charge in [0, 0.05) is 6.04 Å². The lowest BCUT2D eigenvalue weighted by atomic mass is 10.3. The van der Waals surface area contributed by atoms with Gasteiger partial charge in [-0.15, -0.1) is 0 Å². The van der Waals surface area contributed by atoms with Gasteiger partial charge in [-0.25, -0.2) is 10.8 Å². The minimum Gasteiger partial charge on any atom is -0.367 e. The number of nitrogens with zero attached hydrogens (tertiary/aromatic N) is 2. The van der Waals surface area contributed by atoms with Gasteiger partial charge in [-0.2, -0.15) is 0 Å². The molecule has 4 N–H and O–H groups in total. The van der Waals surface area contributed by atoms with Gasteiger partial charge in [0.25, 0.3) is 5.69 Å². The SMILES string of the molecule is CCC1CC1Nc1cc([N+](=O)[O-])cc(NN)n1. The second-order valence-corrected chi connectivity index (χ2v) is 4.15. The Kier molecular flexibility index (Phi) is 3.10. The highest BCUT2D eigenvalue weighted by Crippen LogP contribution is 2.36. The van der Waals surface area contributed by atoms with Gasteiger partial charge in [-0.3, -0.25) is 10.1 Å². The summed E-state index contributed by atoms with van der Waals surface area (Å²) >= 11 is 0. The molecule has 7 heteroatoms. The zero-order valence-electron chi connectivity index (χ0n) is 9.51. The summed E-state index contributed by atoms with van der Waals surface area (Å²) in [5.74, 6) is 6.65. The molecule has 1 aliphatic rings.